The maximum atomic E-state index is 11.6. The van der Waals surface area contributed by atoms with Gasteiger partial charge in [-0.25, -0.2) is 0 Å². The van der Waals surface area contributed by atoms with Crippen molar-refractivity contribution in [3.63, 3.8) is 0 Å². The second-order valence-corrected chi connectivity index (χ2v) is 3.63. The molecule has 1 rings (SSSR count). The standard InChI is InChI=1S/C9H15N5O2/c1-5(9(16)14(2)3)12-8(15)7-6(10)4-11-13-7/h4-5H,10H2,1-3H3,(H,11,13)(H,12,15). The summed E-state index contributed by atoms with van der Waals surface area (Å²) in [5.74, 6) is -0.635. The smallest absolute Gasteiger partial charge is 0.272 e. The van der Waals surface area contributed by atoms with E-state index in [-0.39, 0.29) is 17.3 Å². The van der Waals surface area contributed by atoms with Crippen molar-refractivity contribution in [2.45, 2.75) is 13.0 Å². The molecule has 1 heterocycles. The van der Waals surface area contributed by atoms with Crippen LogP contribution in [0.25, 0.3) is 0 Å². The minimum absolute atomic E-state index is 0.165. The number of hydrogen-bond acceptors (Lipinski definition) is 4. The molecular formula is C9H15N5O2. The van der Waals surface area contributed by atoms with Gasteiger partial charge in [0.1, 0.15) is 11.7 Å². The first kappa shape index (κ1) is 12.0. The number of rotatable bonds is 3. The lowest BCUT2D eigenvalue weighted by Gasteiger charge is -2.17. The zero-order valence-corrected chi connectivity index (χ0v) is 9.44. The molecule has 1 atom stereocenters. The first-order chi connectivity index (χ1) is 7.43. The Bertz CT molecular complexity index is 398. The van der Waals surface area contributed by atoms with Crippen molar-refractivity contribution >= 4 is 17.5 Å². The molecule has 0 spiro atoms. The van der Waals surface area contributed by atoms with Crippen LogP contribution in [0.3, 0.4) is 0 Å². The van der Waals surface area contributed by atoms with Crippen molar-refractivity contribution in [2.75, 3.05) is 19.8 Å². The lowest BCUT2D eigenvalue weighted by Crippen LogP contribution is -2.44. The van der Waals surface area contributed by atoms with Crippen molar-refractivity contribution in [3.05, 3.63) is 11.9 Å². The number of hydrogen-bond donors (Lipinski definition) is 3. The number of H-pyrrole nitrogens is 1. The van der Waals surface area contributed by atoms with Crippen molar-refractivity contribution in [2.24, 2.45) is 0 Å². The third kappa shape index (κ3) is 2.50. The number of aromatic nitrogens is 2. The Morgan fingerprint density at radius 2 is 2.19 bits per heavy atom. The summed E-state index contributed by atoms with van der Waals surface area (Å²) in [5.41, 5.74) is 5.92. The number of nitrogen functional groups attached to an aromatic ring is 1. The minimum Gasteiger partial charge on any atom is -0.396 e. The highest BCUT2D eigenvalue weighted by atomic mass is 16.2. The van der Waals surface area contributed by atoms with E-state index in [0.717, 1.165) is 0 Å². The van der Waals surface area contributed by atoms with Gasteiger partial charge in [0.25, 0.3) is 5.91 Å². The molecule has 0 aliphatic rings. The fraction of sp³-hybridized carbons (Fsp3) is 0.444. The van der Waals surface area contributed by atoms with Crippen molar-refractivity contribution in [1.29, 1.82) is 0 Å². The van der Waals surface area contributed by atoms with Gasteiger partial charge in [-0.1, -0.05) is 0 Å². The molecular weight excluding hydrogens is 210 g/mol. The Balaban J connectivity index is 2.66. The van der Waals surface area contributed by atoms with Crippen LogP contribution in [-0.2, 0) is 4.79 Å². The van der Waals surface area contributed by atoms with Crippen molar-refractivity contribution in [3.8, 4) is 0 Å². The highest BCUT2D eigenvalue weighted by Crippen LogP contribution is 2.05. The number of amides is 2. The molecule has 0 radical (unpaired) electrons. The van der Waals surface area contributed by atoms with Crippen LogP contribution in [0.4, 0.5) is 5.69 Å². The van der Waals surface area contributed by atoms with E-state index >= 15 is 0 Å². The normalized spacial score (nSPS) is 11.9. The van der Waals surface area contributed by atoms with Crippen LogP contribution in [0.1, 0.15) is 17.4 Å². The summed E-state index contributed by atoms with van der Waals surface area (Å²) in [4.78, 5) is 24.5. The SMILES string of the molecule is CC(NC(=O)c1[nH]ncc1N)C(=O)N(C)C. The van der Waals surface area contributed by atoms with E-state index in [4.69, 9.17) is 5.73 Å². The topological polar surface area (TPSA) is 104 Å². The molecule has 1 unspecified atom stereocenters. The van der Waals surface area contributed by atoms with E-state index in [2.05, 4.69) is 15.5 Å². The fourth-order valence-corrected chi connectivity index (χ4v) is 1.20. The zero-order valence-electron chi connectivity index (χ0n) is 9.44. The summed E-state index contributed by atoms with van der Waals surface area (Å²) in [6.07, 6.45) is 1.34. The van der Waals surface area contributed by atoms with Crippen LogP contribution in [0.15, 0.2) is 6.20 Å². The van der Waals surface area contributed by atoms with Gasteiger partial charge < -0.3 is 16.0 Å². The Hall–Kier alpha value is -2.05. The molecule has 7 nitrogen and oxygen atoms in total. The second kappa shape index (κ2) is 4.65. The molecule has 16 heavy (non-hydrogen) atoms. The average molecular weight is 225 g/mol. The van der Waals surface area contributed by atoms with Gasteiger partial charge in [0.05, 0.1) is 11.9 Å². The predicted molar refractivity (Wildman–Crippen MR) is 58.6 cm³/mol. The fourth-order valence-electron chi connectivity index (χ4n) is 1.20. The number of likely N-dealkylation sites (N-methyl/N-ethyl adjacent to an activating group) is 1. The highest BCUT2D eigenvalue weighted by molar-refractivity contribution is 5.99. The number of nitrogens with zero attached hydrogens (tertiary/aromatic N) is 2. The van der Waals surface area contributed by atoms with Gasteiger partial charge in [0.2, 0.25) is 5.91 Å². The van der Waals surface area contributed by atoms with Crippen LogP contribution >= 0.6 is 0 Å². The highest BCUT2D eigenvalue weighted by Gasteiger charge is 2.19. The van der Waals surface area contributed by atoms with E-state index in [0.29, 0.717) is 0 Å². The van der Waals surface area contributed by atoms with Gasteiger partial charge in [0, 0.05) is 14.1 Å². The molecule has 2 amide bonds. The molecule has 4 N–H and O–H groups in total. The quantitative estimate of drug-likeness (QED) is 0.626. The Morgan fingerprint density at radius 3 is 2.62 bits per heavy atom. The monoisotopic (exact) mass is 225 g/mol. The molecule has 0 aliphatic carbocycles. The number of anilines is 1. The first-order valence-electron chi connectivity index (χ1n) is 4.74. The lowest BCUT2D eigenvalue weighted by molar-refractivity contribution is -0.130. The van der Waals surface area contributed by atoms with Crippen molar-refractivity contribution in [1.82, 2.24) is 20.4 Å². The van der Waals surface area contributed by atoms with Gasteiger partial charge in [-0.15, -0.1) is 0 Å². The van der Waals surface area contributed by atoms with Crippen LogP contribution in [-0.4, -0.2) is 47.0 Å². The Kier molecular flexibility index (Phi) is 3.49. The molecule has 0 saturated heterocycles. The summed E-state index contributed by atoms with van der Waals surface area (Å²) < 4.78 is 0. The third-order valence-corrected chi connectivity index (χ3v) is 2.05. The van der Waals surface area contributed by atoms with Gasteiger partial charge in [0.15, 0.2) is 0 Å². The summed E-state index contributed by atoms with van der Waals surface area (Å²) in [7, 11) is 3.24. The zero-order chi connectivity index (χ0) is 12.3. The van der Waals surface area contributed by atoms with E-state index in [1.54, 1.807) is 21.0 Å². The minimum atomic E-state index is -0.606. The molecule has 0 fully saturated rings. The van der Waals surface area contributed by atoms with E-state index in [1.807, 2.05) is 0 Å². The molecule has 0 bridgehead atoms. The molecule has 0 aliphatic heterocycles. The average Bonchev–Trinajstić information content (AvgIpc) is 2.62. The molecule has 0 aromatic carbocycles. The maximum absolute atomic E-state index is 11.6. The van der Waals surface area contributed by atoms with Crippen molar-refractivity contribution < 1.29 is 9.59 Å². The summed E-state index contributed by atoms with van der Waals surface area (Å²) in [6.45, 7) is 1.60. The van der Waals surface area contributed by atoms with Crippen LogP contribution in [0, 0.1) is 0 Å². The number of carbonyl (C=O) groups is 2. The molecule has 88 valence electrons. The van der Waals surface area contributed by atoms with Gasteiger partial charge in [-0.05, 0) is 6.92 Å². The number of nitrogens with one attached hydrogen (secondary N) is 2. The number of aromatic amines is 1. The summed E-state index contributed by atoms with van der Waals surface area (Å²) in [5, 5.41) is 8.61. The molecule has 1 aromatic heterocycles. The maximum Gasteiger partial charge on any atom is 0.272 e. The molecule has 1 aromatic rings. The number of carbonyl (C=O) groups excluding carboxylic acids is 2. The van der Waals surface area contributed by atoms with Crippen LogP contribution < -0.4 is 11.1 Å². The first-order valence-corrected chi connectivity index (χ1v) is 4.74. The van der Waals surface area contributed by atoms with Crippen LogP contribution in [0.2, 0.25) is 0 Å². The third-order valence-electron chi connectivity index (χ3n) is 2.05. The predicted octanol–water partition coefficient (Wildman–Crippen LogP) is -0.802. The largest absolute Gasteiger partial charge is 0.396 e. The van der Waals surface area contributed by atoms with Gasteiger partial charge >= 0.3 is 0 Å². The van der Waals surface area contributed by atoms with Gasteiger partial charge in [-0.3, -0.25) is 14.7 Å². The molecule has 0 saturated carbocycles. The summed E-state index contributed by atoms with van der Waals surface area (Å²) in [6, 6.07) is -0.606. The summed E-state index contributed by atoms with van der Waals surface area (Å²) >= 11 is 0. The molecule has 7 heteroatoms. The van der Waals surface area contributed by atoms with Crippen LogP contribution in [0.5, 0.6) is 0 Å². The second-order valence-electron chi connectivity index (χ2n) is 3.63. The van der Waals surface area contributed by atoms with E-state index < -0.39 is 11.9 Å². The Labute approximate surface area is 93.0 Å². The van der Waals surface area contributed by atoms with E-state index in [9.17, 15) is 9.59 Å². The Morgan fingerprint density at radius 1 is 1.56 bits per heavy atom. The van der Waals surface area contributed by atoms with E-state index in [1.165, 1.54) is 11.1 Å². The van der Waals surface area contributed by atoms with Gasteiger partial charge in [-0.2, -0.15) is 5.10 Å². The lowest BCUT2D eigenvalue weighted by atomic mass is 10.2. The number of nitrogens with two attached hydrogens (primary N) is 1.